The molecule has 3 aromatic rings. The zero-order valence-corrected chi connectivity index (χ0v) is 15.6. The number of hydrogen-bond acceptors (Lipinski definition) is 8. The molecule has 1 saturated heterocycles. The van der Waals surface area contributed by atoms with Crippen LogP contribution >= 0.6 is 0 Å². The number of benzene rings is 1. The first-order valence-electron chi connectivity index (χ1n) is 9.12. The van der Waals surface area contributed by atoms with Crippen molar-refractivity contribution in [3.63, 3.8) is 0 Å². The maximum absolute atomic E-state index is 11.0. The summed E-state index contributed by atoms with van der Waals surface area (Å²) in [5.41, 5.74) is 2.55. The molecule has 10 heteroatoms. The predicted octanol–water partition coefficient (Wildman–Crippen LogP) is 2.93. The van der Waals surface area contributed by atoms with Gasteiger partial charge in [-0.2, -0.15) is 19.6 Å². The van der Waals surface area contributed by atoms with E-state index >= 15 is 0 Å². The van der Waals surface area contributed by atoms with Gasteiger partial charge in [0.05, 0.1) is 17.7 Å². The molecule has 1 aliphatic rings. The molecule has 1 aliphatic heterocycles. The summed E-state index contributed by atoms with van der Waals surface area (Å²) in [5.74, 6) is 1.22. The summed E-state index contributed by atoms with van der Waals surface area (Å²) in [6.45, 7) is 5.25. The van der Waals surface area contributed by atoms with E-state index in [1.165, 1.54) is 12.1 Å². The van der Waals surface area contributed by atoms with Crippen molar-refractivity contribution in [1.29, 1.82) is 0 Å². The highest BCUT2D eigenvalue weighted by Gasteiger charge is 2.21. The molecule has 0 amide bonds. The molecule has 0 bridgehead atoms. The van der Waals surface area contributed by atoms with Gasteiger partial charge in [0.25, 0.3) is 5.69 Å². The van der Waals surface area contributed by atoms with Gasteiger partial charge >= 0.3 is 0 Å². The highest BCUT2D eigenvalue weighted by Crippen LogP contribution is 2.23. The minimum Gasteiger partial charge on any atom is -0.358 e. The number of aromatic nitrogens is 4. The van der Waals surface area contributed by atoms with Crippen LogP contribution in [0.2, 0.25) is 0 Å². The Labute approximate surface area is 161 Å². The molecule has 0 radical (unpaired) electrons. The SMILES string of the molecule is CC(C)c1cnn2c(NCc3cccc([N+](=O)[O-])c3)nc(NC3CCO3)nc12. The highest BCUT2D eigenvalue weighted by molar-refractivity contribution is 5.56. The molecular weight excluding hydrogens is 362 g/mol. The first-order valence-corrected chi connectivity index (χ1v) is 9.12. The second-order valence-electron chi connectivity index (χ2n) is 6.93. The third-order valence-electron chi connectivity index (χ3n) is 4.58. The summed E-state index contributed by atoms with van der Waals surface area (Å²) < 4.78 is 7.07. The smallest absolute Gasteiger partial charge is 0.269 e. The molecule has 10 nitrogen and oxygen atoms in total. The van der Waals surface area contributed by atoms with E-state index in [9.17, 15) is 10.1 Å². The molecule has 0 spiro atoms. The van der Waals surface area contributed by atoms with Crippen molar-refractivity contribution < 1.29 is 9.66 Å². The Kier molecular flexibility index (Phi) is 4.78. The molecule has 1 unspecified atom stereocenters. The van der Waals surface area contributed by atoms with Crippen molar-refractivity contribution in [2.24, 2.45) is 0 Å². The fraction of sp³-hybridized carbons (Fsp3) is 0.389. The normalized spacial score (nSPS) is 16.2. The molecule has 1 aromatic carbocycles. The summed E-state index contributed by atoms with van der Waals surface area (Å²) in [5, 5.41) is 21.8. The number of ether oxygens (including phenoxy) is 1. The quantitative estimate of drug-likeness (QED) is 0.472. The van der Waals surface area contributed by atoms with Crippen molar-refractivity contribution in [3.05, 3.63) is 51.7 Å². The summed E-state index contributed by atoms with van der Waals surface area (Å²) in [4.78, 5) is 19.7. The zero-order valence-electron chi connectivity index (χ0n) is 15.6. The van der Waals surface area contributed by atoms with Crippen LogP contribution in [0.1, 0.15) is 37.3 Å². The Morgan fingerprint density at radius 2 is 2.21 bits per heavy atom. The Morgan fingerprint density at radius 1 is 1.39 bits per heavy atom. The van der Waals surface area contributed by atoms with E-state index in [2.05, 4.69) is 39.5 Å². The number of hydrogen-bond donors (Lipinski definition) is 2. The average molecular weight is 383 g/mol. The fourth-order valence-electron chi connectivity index (χ4n) is 2.94. The Morgan fingerprint density at radius 3 is 2.89 bits per heavy atom. The second-order valence-corrected chi connectivity index (χ2v) is 6.93. The minimum atomic E-state index is -0.407. The molecule has 28 heavy (non-hydrogen) atoms. The number of nitrogens with zero attached hydrogens (tertiary/aromatic N) is 5. The van der Waals surface area contributed by atoms with Crippen LogP contribution in [0.4, 0.5) is 17.6 Å². The van der Waals surface area contributed by atoms with E-state index in [4.69, 9.17) is 4.74 Å². The lowest BCUT2D eigenvalue weighted by atomic mass is 10.1. The highest BCUT2D eigenvalue weighted by atomic mass is 16.6. The largest absolute Gasteiger partial charge is 0.358 e. The minimum absolute atomic E-state index is 0.0535. The van der Waals surface area contributed by atoms with Gasteiger partial charge in [-0.1, -0.05) is 26.0 Å². The van der Waals surface area contributed by atoms with Crippen LogP contribution in [0, 0.1) is 10.1 Å². The van der Waals surface area contributed by atoms with Crippen LogP contribution in [0.5, 0.6) is 0 Å². The van der Waals surface area contributed by atoms with Crippen molar-refractivity contribution in [1.82, 2.24) is 19.6 Å². The van der Waals surface area contributed by atoms with Gasteiger partial charge in [-0.05, 0) is 11.5 Å². The van der Waals surface area contributed by atoms with Crippen LogP contribution in [0.3, 0.4) is 0 Å². The van der Waals surface area contributed by atoms with Gasteiger partial charge in [0.1, 0.15) is 6.23 Å². The Hall–Kier alpha value is -3.27. The number of nitro benzene ring substituents is 1. The van der Waals surface area contributed by atoms with E-state index in [1.807, 2.05) is 6.07 Å². The molecule has 1 atom stereocenters. The van der Waals surface area contributed by atoms with Gasteiger partial charge in [0.2, 0.25) is 11.9 Å². The molecule has 0 saturated carbocycles. The number of nitro groups is 1. The van der Waals surface area contributed by atoms with Crippen LogP contribution in [0.25, 0.3) is 5.65 Å². The number of rotatable bonds is 7. The van der Waals surface area contributed by atoms with Crippen LogP contribution in [-0.2, 0) is 11.3 Å². The van der Waals surface area contributed by atoms with Crippen LogP contribution < -0.4 is 10.6 Å². The van der Waals surface area contributed by atoms with Gasteiger partial charge < -0.3 is 15.4 Å². The summed E-state index contributed by atoms with van der Waals surface area (Å²) in [6.07, 6.45) is 2.61. The van der Waals surface area contributed by atoms with Crippen LogP contribution in [-0.4, -0.2) is 37.3 Å². The molecule has 1 fully saturated rings. The van der Waals surface area contributed by atoms with Gasteiger partial charge in [-0.25, -0.2) is 0 Å². The fourth-order valence-corrected chi connectivity index (χ4v) is 2.94. The topological polar surface area (TPSA) is 120 Å². The summed E-state index contributed by atoms with van der Waals surface area (Å²) in [6, 6.07) is 6.49. The van der Waals surface area contributed by atoms with Gasteiger partial charge in [0.15, 0.2) is 5.65 Å². The molecule has 2 N–H and O–H groups in total. The zero-order chi connectivity index (χ0) is 19.7. The summed E-state index contributed by atoms with van der Waals surface area (Å²) in [7, 11) is 0. The molecular formula is C18H21N7O3. The van der Waals surface area contributed by atoms with E-state index < -0.39 is 4.92 Å². The lowest BCUT2D eigenvalue weighted by Gasteiger charge is -2.27. The standard InChI is InChI=1S/C18H21N7O3/c1-11(2)14-10-20-24-16(14)22-17(21-15-6-7-28-15)23-18(24)19-9-12-4-3-5-13(8-12)25(26)27/h3-5,8,10-11,15H,6-7,9H2,1-2H3,(H2,19,21,22,23). The van der Waals surface area contributed by atoms with E-state index in [0.29, 0.717) is 24.1 Å². The molecule has 4 rings (SSSR count). The van der Waals surface area contributed by atoms with E-state index in [1.54, 1.807) is 16.8 Å². The molecule has 146 valence electrons. The monoisotopic (exact) mass is 383 g/mol. The van der Waals surface area contributed by atoms with Crippen molar-refractivity contribution in [2.45, 2.75) is 39.0 Å². The molecule has 3 heterocycles. The predicted molar refractivity (Wildman–Crippen MR) is 103 cm³/mol. The third kappa shape index (κ3) is 3.58. The third-order valence-corrected chi connectivity index (χ3v) is 4.58. The first kappa shape index (κ1) is 18.1. The van der Waals surface area contributed by atoms with Crippen molar-refractivity contribution >= 4 is 23.2 Å². The maximum atomic E-state index is 11.0. The van der Waals surface area contributed by atoms with Gasteiger partial charge in [-0.15, -0.1) is 0 Å². The molecule has 0 aliphatic carbocycles. The Balaban J connectivity index is 1.64. The van der Waals surface area contributed by atoms with Crippen molar-refractivity contribution in [2.75, 3.05) is 17.2 Å². The van der Waals surface area contributed by atoms with Gasteiger partial charge in [0, 0.05) is 30.7 Å². The number of nitrogens with one attached hydrogen (secondary N) is 2. The maximum Gasteiger partial charge on any atom is 0.269 e. The van der Waals surface area contributed by atoms with Crippen molar-refractivity contribution in [3.8, 4) is 0 Å². The second kappa shape index (κ2) is 7.39. The van der Waals surface area contributed by atoms with Crippen LogP contribution in [0.15, 0.2) is 30.5 Å². The van der Waals surface area contributed by atoms with Gasteiger partial charge in [-0.3, -0.25) is 10.1 Å². The number of fused-ring (bicyclic) bond motifs is 1. The number of non-ortho nitro benzene ring substituents is 1. The Bertz CT molecular complexity index is 1010. The number of anilines is 2. The van der Waals surface area contributed by atoms with E-state index in [-0.39, 0.29) is 17.8 Å². The first-order chi connectivity index (χ1) is 13.5. The molecule has 2 aromatic heterocycles. The average Bonchev–Trinajstić information content (AvgIpc) is 3.07. The lowest BCUT2D eigenvalue weighted by Crippen LogP contribution is -2.35. The lowest BCUT2D eigenvalue weighted by molar-refractivity contribution is -0.384. The summed E-state index contributed by atoms with van der Waals surface area (Å²) >= 11 is 0. The van der Waals surface area contributed by atoms with E-state index in [0.717, 1.165) is 24.2 Å².